The largest absolute Gasteiger partial charge is 0.463 e. The van der Waals surface area contributed by atoms with E-state index in [1.165, 1.54) is 11.1 Å². The van der Waals surface area contributed by atoms with Gasteiger partial charge in [0.2, 0.25) is 0 Å². The Labute approximate surface area is 207 Å². The van der Waals surface area contributed by atoms with E-state index in [9.17, 15) is 4.79 Å². The highest BCUT2D eigenvalue weighted by molar-refractivity contribution is 6.30. The molecule has 6 nitrogen and oxygen atoms in total. The molecule has 0 aliphatic carbocycles. The van der Waals surface area contributed by atoms with Crippen molar-refractivity contribution in [3.05, 3.63) is 69.7 Å². The highest BCUT2D eigenvalue weighted by Gasteiger charge is 2.26. The number of piperazine rings is 1. The first-order valence-corrected chi connectivity index (χ1v) is 12.0. The third-order valence-corrected chi connectivity index (χ3v) is 6.22. The topological polar surface area (TPSA) is 45.2 Å². The smallest absolute Gasteiger partial charge is 0.332 e. The molecule has 1 fully saturated rings. The summed E-state index contributed by atoms with van der Waals surface area (Å²) in [7, 11) is 3.88. The van der Waals surface area contributed by atoms with Gasteiger partial charge in [-0.3, -0.25) is 9.80 Å². The number of rotatable bonds is 11. The van der Waals surface area contributed by atoms with Crippen molar-refractivity contribution in [1.82, 2.24) is 14.7 Å². The summed E-state index contributed by atoms with van der Waals surface area (Å²) in [6.45, 7) is 6.16. The van der Waals surface area contributed by atoms with Crippen LogP contribution in [0.15, 0.2) is 48.5 Å². The summed E-state index contributed by atoms with van der Waals surface area (Å²) in [6.07, 6.45) is 0. The molecule has 2 aromatic rings. The molecule has 3 rings (SSSR count). The zero-order valence-electron chi connectivity index (χ0n) is 19.4. The average molecular weight is 494 g/mol. The monoisotopic (exact) mass is 493 g/mol. The third kappa shape index (κ3) is 8.56. The van der Waals surface area contributed by atoms with Crippen LogP contribution in [0, 0.1) is 0 Å². The second kappa shape index (κ2) is 13.3. The summed E-state index contributed by atoms with van der Waals surface area (Å²) in [5.41, 5.74) is 2.43. The van der Waals surface area contributed by atoms with Crippen LogP contribution in [0.1, 0.15) is 17.2 Å². The standard InChI is InChI=1S/C25H33Cl2N3O3/c1-28(2)15-18-33-24(31)19-32-17-16-29-11-13-30(14-12-29)25(20-3-7-22(26)8-4-20)21-5-9-23(27)10-6-21/h3-10,25H,11-19H2,1-2H3. The number of hydrogen-bond donors (Lipinski definition) is 0. The minimum absolute atomic E-state index is 0.00258. The van der Waals surface area contributed by atoms with Gasteiger partial charge in [0.1, 0.15) is 13.2 Å². The van der Waals surface area contributed by atoms with Gasteiger partial charge in [-0.15, -0.1) is 0 Å². The Hall–Kier alpha value is -1.67. The summed E-state index contributed by atoms with van der Waals surface area (Å²) >= 11 is 12.2. The molecule has 0 bridgehead atoms. The molecule has 33 heavy (non-hydrogen) atoms. The first kappa shape index (κ1) is 25.9. The molecule has 0 amide bonds. The van der Waals surface area contributed by atoms with Crippen molar-refractivity contribution in [2.45, 2.75) is 6.04 Å². The predicted octanol–water partition coefficient (Wildman–Crippen LogP) is 3.82. The maximum absolute atomic E-state index is 11.7. The normalized spacial score (nSPS) is 15.3. The summed E-state index contributed by atoms with van der Waals surface area (Å²) in [4.78, 5) is 18.5. The van der Waals surface area contributed by atoms with Gasteiger partial charge in [0.05, 0.1) is 12.6 Å². The van der Waals surface area contributed by atoms with Crippen molar-refractivity contribution in [1.29, 1.82) is 0 Å². The molecule has 2 aromatic carbocycles. The van der Waals surface area contributed by atoms with Gasteiger partial charge in [-0.1, -0.05) is 47.5 Å². The van der Waals surface area contributed by atoms with Crippen molar-refractivity contribution < 1.29 is 14.3 Å². The van der Waals surface area contributed by atoms with Crippen molar-refractivity contribution in [3.8, 4) is 0 Å². The Kier molecular flexibility index (Phi) is 10.4. The first-order valence-electron chi connectivity index (χ1n) is 11.3. The summed E-state index contributed by atoms with van der Waals surface area (Å²) in [5.74, 6) is -0.310. The van der Waals surface area contributed by atoms with Crippen molar-refractivity contribution in [2.75, 3.05) is 73.2 Å². The van der Waals surface area contributed by atoms with Crippen LogP contribution in [-0.2, 0) is 14.3 Å². The highest BCUT2D eigenvalue weighted by Crippen LogP contribution is 2.31. The van der Waals surface area contributed by atoms with E-state index in [0.717, 1.165) is 42.8 Å². The molecular formula is C25H33Cl2N3O3. The molecule has 0 radical (unpaired) electrons. The molecule has 0 aromatic heterocycles. The minimum atomic E-state index is -0.310. The molecule has 0 N–H and O–H groups in total. The van der Waals surface area contributed by atoms with Crippen LogP contribution >= 0.6 is 23.2 Å². The zero-order valence-corrected chi connectivity index (χ0v) is 20.9. The Morgan fingerprint density at radius 2 is 1.45 bits per heavy atom. The second-order valence-corrected chi connectivity index (χ2v) is 9.33. The Morgan fingerprint density at radius 1 is 0.909 bits per heavy atom. The van der Waals surface area contributed by atoms with E-state index in [0.29, 0.717) is 19.8 Å². The van der Waals surface area contributed by atoms with Gasteiger partial charge < -0.3 is 14.4 Å². The number of benzene rings is 2. The molecule has 180 valence electrons. The van der Waals surface area contributed by atoms with E-state index >= 15 is 0 Å². The molecule has 8 heteroatoms. The van der Waals surface area contributed by atoms with Crippen LogP contribution in [-0.4, -0.2) is 93.9 Å². The SMILES string of the molecule is CN(C)CCOC(=O)COCCN1CCN(C(c2ccc(Cl)cc2)c2ccc(Cl)cc2)CC1. The predicted molar refractivity (Wildman–Crippen MR) is 133 cm³/mol. The van der Waals surface area contributed by atoms with E-state index in [2.05, 4.69) is 34.1 Å². The van der Waals surface area contributed by atoms with Crippen LogP contribution < -0.4 is 0 Å². The quantitative estimate of drug-likeness (QED) is 0.350. The lowest BCUT2D eigenvalue weighted by atomic mass is 9.96. The van der Waals surface area contributed by atoms with E-state index in [1.807, 2.05) is 43.3 Å². The first-order chi connectivity index (χ1) is 15.9. The van der Waals surface area contributed by atoms with Crippen LogP contribution in [0.5, 0.6) is 0 Å². The number of nitrogens with zero attached hydrogens (tertiary/aromatic N) is 3. The lowest BCUT2D eigenvalue weighted by Gasteiger charge is -2.39. The van der Waals surface area contributed by atoms with Gasteiger partial charge in [-0.2, -0.15) is 0 Å². The van der Waals surface area contributed by atoms with Crippen LogP contribution in [0.4, 0.5) is 0 Å². The van der Waals surface area contributed by atoms with Crippen LogP contribution in [0.25, 0.3) is 0 Å². The van der Waals surface area contributed by atoms with Gasteiger partial charge in [0.25, 0.3) is 0 Å². The van der Waals surface area contributed by atoms with Gasteiger partial charge in [-0.25, -0.2) is 4.79 Å². The van der Waals surface area contributed by atoms with Gasteiger partial charge in [0, 0.05) is 49.3 Å². The number of ether oxygens (including phenoxy) is 2. The Morgan fingerprint density at radius 3 is 1.97 bits per heavy atom. The van der Waals surface area contributed by atoms with Crippen molar-refractivity contribution in [3.63, 3.8) is 0 Å². The van der Waals surface area contributed by atoms with Crippen LogP contribution in [0.3, 0.4) is 0 Å². The molecule has 1 heterocycles. The molecule has 1 aliphatic rings. The Bertz CT molecular complexity index is 809. The number of esters is 1. The molecule has 1 aliphatic heterocycles. The maximum atomic E-state index is 11.7. The molecule has 0 spiro atoms. The van der Waals surface area contributed by atoms with Crippen molar-refractivity contribution in [2.24, 2.45) is 0 Å². The molecule has 0 unspecified atom stereocenters. The van der Waals surface area contributed by atoms with E-state index in [4.69, 9.17) is 32.7 Å². The molecule has 1 saturated heterocycles. The summed E-state index contributed by atoms with van der Waals surface area (Å²) in [5, 5.41) is 1.47. The summed E-state index contributed by atoms with van der Waals surface area (Å²) in [6, 6.07) is 16.3. The van der Waals surface area contributed by atoms with E-state index in [1.54, 1.807) is 0 Å². The summed E-state index contributed by atoms with van der Waals surface area (Å²) < 4.78 is 10.7. The molecule has 0 atom stereocenters. The molecular weight excluding hydrogens is 461 g/mol. The fourth-order valence-electron chi connectivity index (χ4n) is 3.88. The number of carbonyl (C=O) groups excluding carboxylic acids is 1. The third-order valence-electron chi connectivity index (χ3n) is 5.72. The fourth-order valence-corrected chi connectivity index (χ4v) is 4.13. The number of hydrogen-bond acceptors (Lipinski definition) is 6. The van der Waals surface area contributed by atoms with Gasteiger partial charge >= 0.3 is 5.97 Å². The number of halogens is 2. The van der Waals surface area contributed by atoms with Gasteiger partial charge in [0.15, 0.2) is 0 Å². The highest BCUT2D eigenvalue weighted by atomic mass is 35.5. The molecule has 0 saturated carbocycles. The van der Waals surface area contributed by atoms with E-state index in [-0.39, 0.29) is 18.6 Å². The van der Waals surface area contributed by atoms with Crippen LogP contribution in [0.2, 0.25) is 10.0 Å². The average Bonchev–Trinajstić information content (AvgIpc) is 2.80. The van der Waals surface area contributed by atoms with E-state index < -0.39 is 0 Å². The lowest BCUT2D eigenvalue weighted by molar-refractivity contribution is -0.149. The second-order valence-electron chi connectivity index (χ2n) is 8.46. The zero-order chi connectivity index (χ0) is 23.6. The van der Waals surface area contributed by atoms with Crippen molar-refractivity contribution >= 4 is 29.2 Å². The Balaban J connectivity index is 1.47. The lowest BCUT2D eigenvalue weighted by Crippen LogP contribution is -2.48. The minimum Gasteiger partial charge on any atom is -0.463 e. The fraction of sp³-hybridized carbons (Fsp3) is 0.480. The number of likely N-dealkylation sites (N-methyl/N-ethyl adjacent to an activating group) is 1. The maximum Gasteiger partial charge on any atom is 0.332 e. The number of carbonyl (C=O) groups is 1. The van der Waals surface area contributed by atoms with Gasteiger partial charge in [-0.05, 0) is 49.5 Å².